The number of carbonyl (C=O) groups is 2. The van der Waals surface area contributed by atoms with Crippen LogP contribution in [0.1, 0.15) is 174 Å². The molecule has 5 heteroatoms. The summed E-state index contributed by atoms with van der Waals surface area (Å²) >= 11 is 0. The van der Waals surface area contributed by atoms with Crippen molar-refractivity contribution in [2.45, 2.75) is 180 Å². The fraction of sp³-hybridized carbons (Fsp3) is 0.682. The Morgan fingerprint density at radius 2 is 0.918 bits per heavy atom. The van der Waals surface area contributed by atoms with Gasteiger partial charge in [-0.25, -0.2) is 0 Å². The lowest BCUT2D eigenvalue weighted by atomic mass is 10.0. The normalized spacial score (nSPS) is 13.0. The van der Waals surface area contributed by atoms with Crippen molar-refractivity contribution in [1.82, 2.24) is 0 Å². The van der Waals surface area contributed by atoms with Crippen LogP contribution in [0.15, 0.2) is 72.9 Å². The number of aliphatic hydroxyl groups is 1. The summed E-state index contributed by atoms with van der Waals surface area (Å²) in [7, 11) is 0. The minimum atomic E-state index is -0.805. The van der Waals surface area contributed by atoms with Gasteiger partial charge in [0.05, 0.1) is 6.61 Å². The molecule has 0 aromatic rings. The molecule has 0 radical (unpaired) electrons. The van der Waals surface area contributed by atoms with Crippen LogP contribution in [-0.4, -0.2) is 36.4 Å². The minimum Gasteiger partial charge on any atom is -0.462 e. The maximum Gasteiger partial charge on any atom is 0.306 e. The maximum atomic E-state index is 12.2. The summed E-state index contributed by atoms with van der Waals surface area (Å²) in [6, 6.07) is 0. The fourth-order valence-corrected chi connectivity index (χ4v) is 5.34. The average molecular weight is 683 g/mol. The molecule has 1 atom stereocenters. The van der Waals surface area contributed by atoms with Gasteiger partial charge in [0, 0.05) is 12.8 Å². The Bertz CT molecular complexity index is 910. The third-order valence-corrected chi connectivity index (χ3v) is 8.36. The van der Waals surface area contributed by atoms with Gasteiger partial charge in [0.1, 0.15) is 6.61 Å². The van der Waals surface area contributed by atoms with E-state index in [-0.39, 0.29) is 31.6 Å². The van der Waals surface area contributed by atoms with E-state index in [2.05, 4.69) is 32.1 Å². The molecule has 49 heavy (non-hydrogen) atoms. The molecular weight excluding hydrogens is 608 g/mol. The molecular formula is C44H74O5. The topological polar surface area (TPSA) is 72.8 Å². The number of unbranched alkanes of at least 4 members (excludes halogenated alkanes) is 19. The van der Waals surface area contributed by atoms with Crippen LogP contribution in [0, 0.1) is 0 Å². The molecule has 0 saturated carbocycles. The minimum absolute atomic E-state index is 0.108. The van der Waals surface area contributed by atoms with Crippen molar-refractivity contribution in [2.24, 2.45) is 0 Å². The van der Waals surface area contributed by atoms with Crippen LogP contribution in [0.4, 0.5) is 0 Å². The summed E-state index contributed by atoms with van der Waals surface area (Å²) in [5.74, 6) is -0.687. The summed E-state index contributed by atoms with van der Waals surface area (Å²) in [5.41, 5.74) is 0. The summed E-state index contributed by atoms with van der Waals surface area (Å²) in [6.07, 6.45) is 52.7. The van der Waals surface area contributed by atoms with Gasteiger partial charge in [0.2, 0.25) is 0 Å². The van der Waals surface area contributed by atoms with Gasteiger partial charge in [-0.05, 0) is 51.4 Å². The van der Waals surface area contributed by atoms with Crippen LogP contribution in [0.3, 0.4) is 0 Å². The molecule has 0 aliphatic rings. The van der Waals surface area contributed by atoms with E-state index in [1.54, 1.807) is 0 Å². The quantitative estimate of drug-likeness (QED) is 0.0312. The highest BCUT2D eigenvalue weighted by Crippen LogP contribution is 2.13. The van der Waals surface area contributed by atoms with Crippen LogP contribution in [-0.2, 0) is 19.1 Å². The Kier molecular flexibility index (Phi) is 37.6. The smallest absolute Gasteiger partial charge is 0.306 e. The van der Waals surface area contributed by atoms with Gasteiger partial charge in [0.15, 0.2) is 6.10 Å². The summed E-state index contributed by atoms with van der Waals surface area (Å²) in [4.78, 5) is 24.2. The Morgan fingerprint density at radius 1 is 0.490 bits per heavy atom. The SMILES string of the molecule is CC/C=C/C=C/C=C/C=C/C=C/CCCC(=O)OCC(CO)OC(=O)CCCCCCCCC/C=C/CCCCCCCCCCCCC. The maximum absolute atomic E-state index is 12.2. The molecule has 0 aromatic heterocycles. The second-order valence-corrected chi connectivity index (χ2v) is 13.1. The van der Waals surface area contributed by atoms with Crippen molar-refractivity contribution in [3.05, 3.63) is 72.9 Å². The van der Waals surface area contributed by atoms with Gasteiger partial charge in [0.25, 0.3) is 0 Å². The molecule has 0 bridgehead atoms. The first kappa shape index (κ1) is 46.3. The van der Waals surface area contributed by atoms with Gasteiger partial charge < -0.3 is 14.6 Å². The highest BCUT2D eigenvalue weighted by Gasteiger charge is 2.16. The number of hydrogen-bond donors (Lipinski definition) is 1. The molecule has 0 aliphatic heterocycles. The predicted octanol–water partition coefficient (Wildman–Crippen LogP) is 12.6. The third-order valence-electron chi connectivity index (χ3n) is 8.36. The van der Waals surface area contributed by atoms with E-state index in [0.29, 0.717) is 12.8 Å². The van der Waals surface area contributed by atoms with Crippen LogP contribution in [0.25, 0.3) is 0 Å². The standard InChI is InChI=1S/C44H74O5/c1-3-5-7-9-11-13-15-17-18-19-20-21-22-23-24-25-27-29-31-33-35-37-39-44(47)49-42(40-45)41-48-43(46)38-36-34-32-30-28-26-16-14-12-10-8-6-4-2/h6,8,10,12,14,16,22-23,26,28,30,32,42,45H,3-5,7,9,11,13,15,17-21,24-25,27,29,31,33-41H2,1-2H3/b8-6+,12-10+,16-14+,23-22+,28-26+,32-30+. The Hall–Kier alpha value is -2.66. The van der Waals surface area contributed by atoms with Gasteiger partial charge in [-0.15, -0.1) is 0 Å². The average Bonchev–Trinajstić information content (AvgIpc) is 3.10. The monoisotopic (exact) mass is 683 g/mol. The lowest BCUT2D eigenvalue weighted by Gasteiger charge is -2.15. The summed E-state index contributed by atoms with van der Waals surface area (Å²) in [6.45, 7) is 3.92. The molecule has 1 unspecified atom stereocenters. The number of hydrogen-bond acceptors (Lipinski definition) is 5. The van der Waals surface area contributed by atoms with Crippen LogP contribution in [0.5, 0.6) is 0 Å². The molecule has 0 aromatic carbocycles. The van der Waals surface area contributed by atoms with Crippen molar-refractivity contribution in [3.8, 4) is 0 Å². The number of rotatable bonds is 35. The molecule has 0 fully saturated rings. The van der Waals surface area contributed by atoms with Crippen molar-refractivity contribution >= 4 is 11.9 Å². The zero-order chi connectivity index (χ0) is 35.7. The summed E-state index contributed by atoms with van der Waals surface area (Å²) < 4.78 is 10.5. The molecule has 0 spiro atoms. The van der Waals surface area contributed by atoms with Crippen LogP contribution >= 0.6 is 0 Å². The van der Waals surface area contributed by atoms with Crippen molar-refractivity contribution in [2.75, 3.05) is 13.2 Å². The second-order valence-electron chi connectivity index (χ2n) is 13.1. The van der Waals surface area contributed by atoms with E-state index in [1.165, 1.54) is 109 Å². The van der Waals surface area contributed by atoms with Gasteiger partial charge >= 0.3 is 11.9 Å². The molecule has 0 amide bonds. The van der Waals surface area contributed by atoms with E-state index in [1.807, 2.05) is 54.7 Å². The fourth-order valence-electron chi connectivity index (χ4n) is 5.34. The highest BCUT2D eigenvalue weighted by molar-refractivity contribution is 5.70. The largest absolute Gasteiger partial charge is 0.462 e. The number of allylic oxidation sites excluding steroid dienone is 12. The van der Waals surface area contributed by atoms with Crippen LogP contribution < -0.4 is 0 Å². The zero-order valence-electron chi connectivity index (χ0n) is 31.7. The molecule has 280 valence electrons. The Labute approximate surface area is 302 Å². The van der Waals surface area contributed by atoms with Gasteiger partial charge in [-0.1, -0.05) is 183 Å². The molecule has 0 aliphatic carbocycles. The van der Waals surface area contributed by atoms with E-state index < -0.39 is 6.10 Å². The number of aliphatic hydroxyl groups excluding tert-OH is 1. The van der Waals surface area contributed by atoms with Gasteiger partial charge in [-0.3, -0.25) is 9.59 Å². The first-order valence-electron chi connectivity index (χ1n) is 20.1. The van der Waals surface area contributed by atoms with Crippen LogP contribution in [0.2, 0.25) is 0 Å². The lowest BCUT2D eigenvalue weighted by molar-refractivity contribution is -0.161. The predicted molar refractivity (Wildman–Crippen MR) is 210 cm³/mol. The molecule has 5 nitrogen and oxygen atoms in total. The molecule has 1 N–H and O–H groups in total. The number of esters is 2. The Balaban J connectivity index is 3.62. The van der Waals surface area contributed by atoms with Crippen molar-refractivity contribution in [1.29, 1.82) is 0 Å². The molecule has 0 heterocycles. The first-order valence-corrected chi connectivity index (χ1v) is 20.1. The number of ether oxygens (including phenoxy) is 2. The van der Waals surface area contributed by atoms with E-state index in [0.717, 1.165) is 32.1 Å². The van der Waals surface area contributed by atoms with E-state index >= 15 is 0 Å². The lowest BCUT2D eigenvalue weighted by Crippen LogP contribution is -2.28. The van der Waals surface area contributed by atoms with Crippen molar-refractivity contribution < 1.29 is 24.2 Å². The third kappa shape index (κ3) is 38.0. The van der Waals surface area contributed by atoms with E-state index in [9.17, 15) is 14.7 Å². The van der Waals surface area contributed by atoms with Gasteiger partial charge in [-0.2, -0.15) is 0 Å². The second kappa shape index (κ2) is 39.8. The highest BCUT2D eigenvalue weighted by atomic mass is 16.6. The molecule has 0 saturated heterocycles. The number of carbonyl (C=O) groups excluding carboxylic acids is 2. The summed E-state index contributed by atoms with van der Waals surface area (Å²) in [5, 5.41) is 9.54. The zero-order valence-corrected chi connectivity index (χ0v) is 31.7. The molecule has 0 rings (SSSR count). The Morgan fingerprint density at radius 3 is 1.43 bits per heavy atom. The first-order chi connectivity index (χ1) is 24.1. The van der Waals surface area contributed by atoms with E-state index in [4.69, 9.17) is 9.47 Å². The van der Waals surface area contributed by atoms with Crippen molar-refractivity contribution in [3.63, 3.8) is 0 Å².